The highest BCUT2D eigenvalue weighted by Gasteiger charge is 2.43. The summed E-state index contributed by atoms with van der Waals surface area (Å²) in [5.74, 6) is 0.341. The Hall–Kier alpha value is -3.16. The van der Waals surface area contributed by atoms with Gasteiger partial charge in [0.2, 0.25) is 0 Å². The topological polar surface area (TPSA) is 41.3 Å². The van der Waals surface area contributed by atoms with Crippen molar-refractivity contribution in [2.24, 2.45) is 0 Å². The average Bonchev–Trinajstić information content (AvgIpc) is 3.39. The van der Waals surface area contributed by atoms with Crippen molar-refractivity contribution in [3.63, 3.8) is 0 Å². The molecule has 3 heterocycles. The number of rotatable bonds is 5. The summed E-state index contributed by atoms with van der Waals surface area (Å²) < 4.78 is 21.0. The highest BCUT2D eigenvalue weighted by molar-refractivity contribution is 7.99. The number of furan rings is 1. The summed E-state index contributed by atoms with van der Waals surface area (Å²) in [6, 6.07) is 25.5. The average molecular weight is 448 g/mol. The van der Waals surface area contributed by atoms with E-state index in [1.54, 1.807) is 29.3 Å². The zero-order chi connectivity index (χ0) is 21.2. The smallest absolute Gasteiger partial charge is 0.174 e. The number of nitrogens with zero attached hydrogens (tertiary/aromatic N) is 2. The van der Waals surface area contributed by atoms with Crippen LogP contribution < -0.4 is 10.2 Å². The number of pyridine rings is 1. The van der Waals surface area contributed by atoms with Crippen molar-refractivity contribution < 1.29 is 8.81 Å². The van der Waals surface area contributed by atoms with Gasteiger partial charge in [0.25, 0.3) is 0 Å². The van der Waals surface area contributed by atoms with E-state index >= 15 is 0 Å². The number of para-hydroxylation sites is 1. The van der Waals surface area contributed by atoms with Gasteiger partial charge in [-0.2, -0.15) is 0 Å². The van der Waals surface area contributed by atoms with Gasteiger partial charge < -0.3 is 14.6 Å². The van der Waals surface area contributed by atoms with Gasteiger partial charge in [0, 0.05) is 11.1 Å². The van der Waals surface area contributed by atoms with Gasteiger partial charge in [-0.05, 0) is 60.7 Å². The maximum Gasteiger partial charge on any atom is 0.174 e. The maximum absolute atomic E-state index is 14.7. The Balaban J connectivity index is 1.55. The lowest BCUT2D eigenvalue weighted by atomic mass is 10.0. The van der Waals surface area contributed by atoms with Crippen LogP contribution in [0.15, 0.2) is 106 Å². The zero-order valence-electron chi connectivity index (χ0n) is 16.3. The number of benzene rings is 2. The molecule has 7 heteroatoms. The first-order valence-corrected chi connectivity index (χ1v) is 11.0. The highest BCUT2D eigenvalue weighted by Crippen LogP contribution is 2.43. The third-order valence-electron chi connectivity index (χ3n) is 5.07. The molecule has 0 spiro atoms. The van der Waals surface area contributed by atoms with E-state index in [1.807, 2.05) is 60.7 Å². The van der Waals surface area contributed by atoms with Gasteiger partial charge in [0.1, 0.15) is 17.6 Å². The molecule has 4 nitrogen and oxygen atoms in total. The predicted octanol–water partition coefficient (Wildman–Crippen LogP) is 6.14. The Morgan fingerprint density at radius 3 is 2.48 bits per heavy atom. The number of anilines is 1. The van der Waals surface area contributed by atoms with E-state index in [0.29, 0.717) is 16.6 Å². The summed E-state index contributed by atoms with van der Waals surface area (Å²) in [6.45, 7) is 0. The van der Waals surface area contributed by atoms with E-state index in [4.69, 9.17) is 16.6 Å². The molecule has 2 aromatic heterocycles. The Morgan fingerprint density at radius 2 is 1.71 bits per heavy atom. The van der Waals surface area contributed by atoms with Gasteiger partial charge in [-0.25, -0.2) is 4.39 Å². The molecule has 0 unspecified atom stereocenters. The fourth-order valence-corrected chi connectivity index (χ4v) is 4.84. The second-order valence-corrected chi connectivity index (χ2v) is 8.48. The lowest BCUT2D eigenvalue weighted by molar-refractivity contribution is 0.382. The van der Waals surface area contributed by atoms with Crippen LogP contribution in [0.1, 0.15) is 23.5 Å². The predicted molar refractivity (Wildman–Crippen MR) is 124 cm³/mol. The first kappa shape index (κ1) is 19.8. The van der Waals surface area contributed by atoms with Gasteiger partial charge >= 0.3 is 0 Å². The molecule has 1 N–H and O–H groups in total. The fourth-order valence-electron chi connectivity index (χ4n) is 3.70. The molecule has 1 fully saturated rings. The standard InChI is InChI=1S/C24H18FN3OS2/c25-17-10-4-5-12-19(17)28-23(22(27-24(28)30)18-11-6-7-15-26-18)20-13-14-21(29-20)31-16-8-2-1-3-9-16/h1-15,22-23H,(H,27,30)/t22-,23+/m0/s1. The third kappa shape index (κ3) is 3.94. The van der Waals surface area contributed by atoms with Gasteiger partial charge in [0.05, 0.1) is 17.4 Å². The number of nitrogens with one attached hydrogen (secondary N) is 1. The van der Waals surface area contributed by atoms with Gasteiger partial charge in [-0.3, -0.25) is 4.98 Å². The Morgan fingerprint density at radius 1 is 0.935 bits per heavy atom. The van der Waals surface area contributed by atoms with Crippen LogP contribution in [0, 0.1) is 5.82 Å². The highest BCUT2D eigenvalue weighted by atomic mass is 32.2. The minimum atomic E-state index is -0.385. The first-order chi connectivity index (χ1) is 15.2. The van der Waals surface area contributed by atoms with Crippen molar-refractivity contribution in [3.8, 4) is 0 Å². The summed E-state index contributed by atoms with van der Waals surface area (Å²) in [5, 5.41) is 4.50. The molecular formula is C24H18FN3OS2. The van der Waals surface area contributed by atoms with Crippen LogP contribution in [0.5, 0.6) is 0 Å². The lowest BCUT2D eigenvalue weighted by Gasteiger charge is -2.26. The second-order valence-electron chi connectivity index (χ2n) is 7.02. The lowest BCUT2D eigenvalue weighted by Crippen LogP contribution is -2.30. The molecule has 0 saturated carbocycles. The zero-order valence-corrected chi connectivity index (χ0v) is 17.9. The van der Waals surface area contributed by atoms with E-state index in [2.05, 4.69) is 10.3 Å². The third-order valence-corrected chi connectivity index (χ3v) is 6.31. The van der Waals surface area contributed by atoms with Crippen molar-refractivity contribution in [1.82, 2.24) is 10.3 Å². The largest absolute Gasteiger partial charge is 0.452 e. The van der Waals surface area contributed by atoms with Crippen LogP contribution in [-0.2, 0) is 0 Å². The molecule has 1 aliphatic heterocycles. The Labute approximate surface area is 189 Å². The molecule has 2 aromatic carbocycles. The quantitative estimate of drug-likeness (QED) is 0.371. The van der Waals surface area contributed by atoms with E-state index in [-0.39, 0.29) is 17.9 Å². The molecule has 0 amide bonds. The molecule has 0 aliphatic carbocycles. The SMILES string of the molecule is Fc1ccccc1N1C(=S)N[C@@H](c2ccccn2)[C@H]1c1ccc(Sc2ccccc2)o1. The van der Waals surface area contributed by atoms with Crippen molar-refractivity contribution in [3.05, 3.63) is 108 Å². The molecule has 154 valence electrons. The van der Waals surface area contributed by atoms with Gasteiger partial charge in [0.15, 0.2) is 10.2 Å². The number of aromatic nitrogens is 1. The summed E-state index contributed by atoms with van der Waals surface area (Å²) in [4.78, 5) is 7.36. The van der Waals surface area contributed by atoms with E-state index in [9.17, 15) is 4.39 Å². The van der Waals surface area contributed by atoms with Crippen LogP contribution >= 0.6 is 24.0 Å². The fraction of sp³-hybridized carbons (Fsp3) is 0.0833. The molecule has 1 saturated heterocycles. The number of hydrogen-bond acceptors (Lipinski definition) is 4. The minimum absolute atomic E-state index is 0.283. The van der Waals surface area contributed by atoms with Crippen LogP contribution in [-0.4, -0.2) is 10.1 Å². The van der Waals surface area contributed by atoms with Gasteiger partial charge in [-0.15, -0.1) is 0 Å². The van der Waals surface area contributed by atoms with E-state index < -0.39 is 0 Å². The van der Waals surface area contributed by atoms with Crippen LogP contribution in [0.25, 0.3) is 0 Å². The molecule has 2 atom stereocenters. The Kier molecular flexibility index (Phi) is 5.44. The van der Waals surface area contributed by atoms with E-state index in [1.165, 1.54) is 17.8 Å². The first-order valence-electron chi connectivity index (χ1n) is 9.78. The minimum Gasteiger partial charge on any atom is -0.452 e. The molecule has 4 aromatic rings. The Bertz CT molecular complexity index is 1200. The molecule has 0 radical (unpaired) electrons. The molecule has 5 rings (SSSR count). The molecule has 0 bridgehead atoms. The second kappa shape index (κ2) is 8.53. The molecule has 31 heavy (non-hydrogen) atoms. The van der Waals surface area contributed by atoms with Crippen LogP contribution in [0.3, 0.4) is 0 Å². The number of thiocarbonyl (C=S) groups is 1. The van der Waals surface area contributed by atoms with Crippen LogP contribution in [0.2, 0.25) is 0 Å². The summed E-state index contributed by atoms with van der Waals surface area (Å²) in [6.07, 6.45) is 1.74. The number of halogens is 1. The van der Waals surface area contributed by atoms with Crippen molar-refractivity contribution in [2.45, 2.75) is 22.1 Å². The molecule has 1 aliphatic rings. The monoisotopic (exact) mass is 447 g/mol. The van der Waals surface area contributed by atoms with Crippen molar-refractivity contribution in [2.75, 3.05) is 4.90 Å². The van der Waals surface area contributed by atoms with E-state index in [0.717, 1.165) is 15.7 Å². The van der Waals surface area contributed by atoms with Gasteiger partial charge in [-0.1, -0.05) is 48.2 Å². The maximum atomic E-state index is 14.7. The van der Waals surface area contributed by atoms with Crippen LogP contribution in [0.4, 0.5) is 10.1 Å². The molecular weight excluding hydrogens is 429 g/mol. The summed E-state index contributed by atoms with van der Waals surface area (Å²) in [5.41, 5.74) is 1.21. The van der Waals surface area contributed by atoms with Crippen molar-refractivity contribution >= 4 is 34.8 Å². The number of hydrogen-bond donors (Lipinski definition) is 1. The summed E-state index contributed by atoms with van der Waals surface area (Å²) >= 11 is 7.16. The normalized spacial score (nSPS) is 18.2. The summed E-state index contributed by atoms with van der Waals surface area (Å²) in [7, 11) is 0. The van der Waals surface area contributed by atoms with Crippen molar-refractivity contribution in [1.29, 1.82) is 0 Å².